The average molecular weight is 284 g/mol. The Kier molecular flexibility index (Phi) is 3.25. The number of non-ortho nitro benzene ring substituents is 1. The summed E-state index contributed by atoms with van der Waals surface area (Å²) in [6.07, 6.45) is 1.05. The Morgan fingerprint density at radius 2 is 2.16 bits per heavy atom. The highest BCUT2D eigenvalue weighted by molar-refractivity contribution is 7.88. The summed E-state index contributed by atoms with van der Waals surface area (Å²) in [5, 5.41) is 10.7. The number of nitro groups is 1. The van der Waals surface area contributed by atoms with E-state index in [1.807, 2.05) is 0 Å². The van der Waals surface area contributed by atoms with Crippen LogP contribution >= 0.6 is 0 Å². The summed E-state index contributed by atoms with van der Waals surface area (Å²) in [5.74, 6) is 0.404. The summed E-state index contributed by atoms with van der Waals surface area (Å²) in [6.45, 7) is 1.63. The van der Waals surface area contributed by atoms with Crippen molar-refractivity contribution in [2.24, 2.45) is 0 Å². The molecule has 0 radical (unpaired) electrons. The molecule has 1 aromatic carbocycles. The number of aromatic amines is 1. The van der Waals surface area contributed by atoms with Crippen molar-refractivity contribution in [2.45, 2.75) is 13.0 Å². The van der Waals surface area contributed by atoms with Crippen LogP contribution in [0.4, 0.5) is 5.69 Å². The smallest absolute Gasteiger partial charge is 0.271 e. The lowest BCUT2D eigenvalue weighted by Gasteiger charge is -2.08. The van der Waals surface area contributed by atoms with Crippen LogP contribution in [0.25, 0.3) is 11.0 Å². The maximum atomic E-state index is 11.1. The second-order valence-electron chi connectivity index (χ2n) is 4.19. The lowest BCUT2D eigenvalue weighted by molar-refractivity contribution is -0.384. The van der Waals surface area contributed by atoms with E-state index >= 15 is 0 Å². The van der Waals surface area contributed by atoms with Crippen LogP contribution < -0.4 is 4.72 Å². The molecule has 0 aliphatic rings. The highest BCUT2D eigenvalue weighted by Gasteiger charge is 2.16. The van der Waals surface area contributed by atoms with Gasteiger partial charge in [0.05, 0.1) is 28.3 Å². The first-order chi connectivity index (χ1) is 8.76. The largest absolute Gasteiger partial charge is 0.340 e. The minimum absolute atomic E-state index is 0.0496. The zero-order chi connectivity index (χ0) is 14.2. The first kappa shape index (κ1) is 13.4. The van der Waals surface area contributed by atoms with Gasteiger partial charge in [0, 0.05) is 12.1 Å². The SMILES string of the molecule is CC(NS(C)(=O)=O)c1nc2ccc([N+](=O)[O-])cc2[nH]1. The van der Waals surface area contributed by atoms with Crippen LogP contribution in [0.2, 0.25) is 0 Å². The van der Waals surface area contributed by atoms with Crippen molar-refractivity contribution >= 4 is 26.7 Å². The first-order valence-corrected chi connectivity index (χ1v) is 7.27. The van der Waals surface area contributed by atoms with E-state index in [2.05, 4.69) is 14.7 Å². The summed E-state index contributed by atoms with van der Waals surface area (Å²) in [7, 11) is -3.35. The molecule has 0 aliphatic carbocycles. The highest BCUT2D eigenvalue weighted by Crippen LogP contribution is 2.21. The zero-order valence-electron chi connectivity index (χ0n) is 10.2. The van der Waals surface area contributed by atoms with Crippen LogP contribution in [0.15, 0.2) is 18.2 Å². The number of benzene rings is 1. The van der Waals surface area contributed by atoms with Crippen LogP contribution in [0, 0.1) is 10.1 Å². The van der Waals surface area contributed by atoms with E-state index in [0.29, 0.717) is 16.9 Å². The molecule has 2 aromatic rings. The Balaban J connectivity index is 2.39. The molecular formula is C10H12N4O4S. The number of nitro benzene ring substituents is 1. The number of nitrogens with one attached hydrogen (secondary N) is 2. The van der Waals surface area contributed by atoms with Crippen molar-refractivity contribution in [3.63, 3.8) is 0 Å². The lowest BCUT2D eigenvalue weighted by atomic mass is 10.3. The third-order valence-corrected chi connectivity index (χ3v) is 3.28. The third kappa shape index (κ3) is 3.06. The molecule has 0 saturated heterocycles. The summed E-state index contributed by atoms with van der Waals surface area (Å²) in [4.78, 5) is 17.2. The Hall–Kier alpha value is -2.00. The predicted octanol–water partition coefficient (Wildman–Crippen LogP) is 1.08. The van der Waals surface area contributed by atoms with Gasteiger partial charge in [0.1, 0.15) is 5.82 Å². The van der Waals surface area contributed by atoms with Crippen molar-refractivity contribution < 1.29 is 13.3 Å². The summed E-state index contributed by atoms with van der Waals surface area (Å²) in [5.41, 5.74) is 0.987. The van der Waals surface area contributed by atoms with E-state index in [-0.39, 0.29) is 5.69 Å². The molecule has 0 amide bonds. The van der Waals surface area contributed by atoms with Crippen LogP contribution in [0.3, 0.4) is 0 Å². The van der Waals surface area contributed by atoms with E-state index in [4.69, 9.17) is 0 Å². The number of hydrogen-bond donors (Lipinski definition) is 2. The number of sulfonamides is 1. The van der Waals surface area contributed by atoms with Crippen molar-refractivity contribution in [1.29, 1.82) is 0 Å². The second-order valence-corrected chi connectivity index (χ2v) is 5.97. The van der Waals surface area contributed by atoms with E-state index in [0.717, 1.165) is 6.26 Å². The Labute approximate surface area is 109 Å². The quantitative estimate of drug-likeness (QED) is 0.643. The number of nitrogens with zero attached hydrogens (tertiary/aromatic N) is 2. The number of imidazole rings is 1. The van der Waals surface area contributed by atoms with Crippen LogP contribution in [-0.2, 0) is 10.0 Å². The number of hydrogen-bond acceptors (Lipinski definition) is 5. The third-order valence-electron chi connectivity index (χ3n) is 2.50. The molecule has 102 valence electrons. The maximum Gasteiger partial charge on any atom is 0.271 e. The van der Waals surface area contributed by atoms with Crippen LogP contribution in [-0.4, -0.2) is 29.6 Å². The molecule has 8 nitrogen and oxygen atoms in total. The fourth-order valence-corrected chi connectivity index (χ4v) is 2.47. The Bertz CT molecular complexity index is 737. The fourth-order valence-electron chi connectivity index (χ4n) is 1.71. The topological polar surface area (TPSA) is 118 Å². The van der Waals surface area contributed by atoms with Gasteiger partial charge in [-0.15, -0.1) is 0 Å². The van der Waals surface area contributed by atoms with E-state index in [9.17, 15) is 18.5 Å². The highest BCUT2D eigenvalue weighted by atomic mass is 32.2. The van der Waals surface area contributed by atoms with E-state index < -0.39 is 21.0 Å². The number of aromatic nitrogens is 2. The van der Waals surface area contributed by atoms with Crippen LogP contribution in [0.1, 0.15) is 18.8 Å². The molecule has 1 aromatic heterocycles. The Morgan fingerprint density at radius 1 is 1.47 bits per heavy atom. The van der Waals surface area contributed by atoms with Crippen molar-refractivity contribution in [3.05, 3.63) is 34.1 Å². The number of rotatable bonds is 4. The molecule has 1 heterocycles. The van der Waals surface area contributed by atoms with E-state index in [1.54, 1.807) is 6.92 Å². The van der Waals surface area contributed by atoms with Gasteiger partial charge in [-0.05, 0) is 13.0 Å². The number of H-pyrrole nitrogens is 1. The molecule has 0 aliphatic heterocycles. The van der Waals surface area contributed by atoms with Crippen molar-refractivity contribution in [3.8, 4) is 0 Å². The molecule has 1 atom stereocenters. The Morgan fingerprint density at radius 3 is 2.74 bits per heavy atom. The van der Waals surface area contributed by atoms with Gasteiger partial charge in [0.25, 0.3) is 5.69 Å². The molecule has 0 bridgehead atoms. The molecule has 0 fully saturated rings. The molecule has 1 unspecified atom stereocenters. The molecule has 2 rings (SSSR count). The molecule has 9 heteroatoms. The predicted molar refractivity (Wildman–Crippen MR) is 69.1 cm³/mol. The minimum Gasteiger partial charge on any atom is -0.340 e. The van der Waals surface area contributed by atoms with Gasteiger partial charge in [-0.3, -0.25) is 10.1 Å². The van der Waals surface area contributed by atoms with Gasteiger partial charge in [-0.25, -0.2) is 18.1 Å². The maximum absolute atomic E-state index is 11.1. The summed E-state index contributed by atoms with van der Waals surface area (Å²) in [6, 6.07) is 3.68. The van der Waals surface area contributed by atoms with Gasteiger partial charge in [0.2, 0.25) is 10.0 Å². The van der Waals surface area contributed by atoms with E-state index in [1.165, 1.54) is 18.2 Å². The molecule has 0 saturated carbocycles. The van der Waals surface area contributed by atoms with Gasteiger partial charge in [-0.1, -0.05) is 0 Å². The van der Waals surface area contributed by atoms with Crippen LogP contribution in [0.5, 0.6) is 0 Å². The standard InChI is InChI=1S/C10H12N4O4S/c1-6(13-19(2,17)18)10-11-8-4-3-7(14(15)16)5-9(8)12-10/h3-6,13H,1-2H3,(H,11,12). The lowest BCUT2D eigenvalue weighted by Crippen LogP contribution is -2.26. The summed E-state index contributed by atoms with van der Waals surface area (Å²) >= 11 is 0. The second kappa shape index (κ2) is 4.59. The van der Waals surface area contributed by atoms with Gasteiger partial charge in [-0.2, -0.15) is 0 Å². The fraction of sp³-hybridized carbons (Fsp3) is 0.300. The minimum atomic E-state index is -3.35. The van der Waals surface area contributed by atoms with Gasteiger partial charge in [0.15, 0.2) is 0 Å². The molecule has 0 spiro atoms. The summed E-state index contributed by atoms with van der Waals surface area (Å²) < 4.78 is 24.6. The van der Waals surface area contributed by atoms with Crippen molar-refractivity contribution in [1.82, 2.24) is 14.7 Å². The van der Waals surface area contributed by atoms with Gasteiger partial charge < -0.3 is 4.98 Å². The monoisotopic (exact) mass is 284 g/mol. The molecule has 2 N–H and O–H groups in total. The van der Waals surface area contributed by atoms with Crippen molar-refractivity contribution in [2.75, 3.05) is 6.26 Å². The number of fused-ring (bicyclic) bond motifs is 1. The average Bonchev–Trinajstić information content (AvgIpc) is 2.68. The molecule has 19 heavy (non-hydrogen) atoms. The normalized spacial score (nSPS) is 13.6. The molecular weight excluding hydrogens is 272 g/mol. The first-order valence-electron chi connectivity index (χ1n) is 5.37. The zero-order valence-corrected chi connectivity index (χ0v) is 11.1. The van der Waals surface area contributed by atoms with Gasteiger partial charge >= 0.3 is 0 Å².